The maximum absolute atomic E-state index is 12.2. The summed E-state index contributed by atoms with van der Waals surface area (Å²) in [5, 5.41) is 12.2. The van der Waals surface area contributed by atoms with Crippen LogP contribution in [-0.4, -0.2) is 40.6 Å². The van der Waals surface area contributed by atoms with Gasteiger partial charge in [0, 0.05) is 12.6 Å². The number of aliphatic carboxylic acids is 1. The number of rotatable bonds is 2. The van der Waals surface area contributed by atoms with Gasteiger partial charge >= 0.3 is 12.0 Å². The molecule has 1 aliphatic heterocycles. The Hall–Kier alpha value is -1.26. The fourth-order valence-electron chi connectivity index (χ4n) is 3.11. The molecule has 1 unspecified atom stereocenters. The molecule has 0 radical (unpaired) electrons. The lowest BCUT2D eigenvalue weighted by Gasteiger charge is -2.34. The van der Waals surface area contributed by atoms with Crippen molar-refractivity contribution in [1.82, 2.24) is 10.2 Å². The maximum atomic E-state index is 12.2. The second-order valence-corrected chi connectivity index (χ2v) is 5.68. The van der Waals surface area contributed by atoms with Crippen LogP contribution in [-0.2, 0) is 4.79 Å². The van der Waals surface area contributed by atoms with Crippen molar-refractivity contribution in [3.05, 3.63) is 0 Å². The SMILES string of the molecule is O=C(O)C1CCCCN1C(=O)NC1CCCCCC1. The van der Waals surface area contributed by atoms with Crippen LogP contribution in [0.15, 0.2) is 0 Å². The van der Waals surface area contributed by atoms with E-state index in [4.69, 9.17) is 0 Å². The van der Waals surface area contributed by atoms with Crippen LogP contribution >= 0.6 is 0 Å². The topological polar surface area (TPSA) is 69.6 Å². The van der Waals surface area contributed by atoms with Gasteiger partial charge in [-0.15, -0.1) is 0 Å². The maximum Gasteiger partial charge on any atom is 0.326 e. The van der Waals surface area contributed by atoms with E-state index >= 15 is 0 Å². The normalized spacial score (nSPS) is 25.7. The third-order valence-electron chi connectivity index (χ3n) is 4.23. The molecule has 1 saturated carbocycles. The molecule has 1 atom stereocenters. The molecule has 19 heavy (non-hydrogen) atoms. The molecule has 5 heteroatoms. The van der Waals surface area contributed by atoms with Gasteiger partial charge in [-0.25, -0.2) is 9.59 Å². The van der Waals surface area contributed by atoms with Gasteiger partial charge in [-0.1, -0.05) is 25.7 Å². The molecule has 0 spiro atoms. The zero-order chi connectivity index (χ0) is 13.7. The fourth-order valence-corrected chi connectivity index (χ4v) is 3.11. The molecule has 0 aromatic carbocycles. The van der Waals surface area contributed by atoms with Crippen LogP contribution in [0, 0.1) is 0 Å². The number of nitrogens with one attached hydrogen (secondary N) is 1. The van der Waals surface area contributed by atoms with Gasteiger partial charge < -0.3 is 15.3 Å². The van der Waals surface area contributed by atoms with Crippen LogP contribution in [0.1, 0.15) is 57.8 Å². The molecule has 0 aromatic rings. The molecule has 2 aliphatic rings. The summed E-state index contributed by atoms with van der Waals surface area (Å²) < 4.78 is 0. The van der Waals surface area contributed by atoms with Gasteiger partial charge in [-0.2, -0.15) is 0 Å². The largest absolute Gasteiger partial charge is 0.480 e. The number of likely N-dealkylation sites (tertiary alicyclic amines) is 1. The lowest BCUT2D eigenvalue weighted by atomic mass is 10.0. The van der Waals surface area contributed by atoms with Crippen LogP contribution in [0.25, 0.3) is 0 Å². The van der Waals surface area contributed by atoms with Crippen molar-refractivity contribution in [3.8, 4) is 0 Å². The van der Waals surface area contributed by atoms with Gasteiger partial charge in [0.05, 0.1) is 0 Å². The summed E-state index contributed by atoms with van der Waals surface area (Å²) in [5.74, 6) is -0.879. The standard InChI is InChI=1S/C14H24N2O3/c17-13(18)12-9-5-6-10-16(12)14(19)15-11-7-3-1-2-4-8-11/h11-12H,1-10H2,(H,15,19)(H,17,18). The van der Waals surface area contributed by atoms with Crippen molar-refractivity contribution in [2.24, 2.45) is 0 Å². The number of carbonyl (C=O) groups excluding carboxylic acids is 1. The van der Waals surface area contributed by atoms with Crippen molar-refractivity contribution in [2.75, 3.05) is 6.54 Å². The average molecular weight is 268 g/mol. The summed E-state index contributed by atoms with van der Waals surface area (Å²) in [7, 11) is 0. The Bertz CT molecular complexity index is 325. The van der Waals surface area contributed by atoms with Gasteiger partial charge in [0.2, 0.25) is 0 Å². The molecule has 2 amide bonds. The third kappa shape index (κ3) is 3.85. The van der Waals surface area contributed by atoms with E-state index in [1.165, 1.54) is 17.7 Å². The van der Waals surface area contributed by atoms with E-state index in [-0.39, 0.29) is 12.1 Å². The smallest absolute Gasteiger partial charge is 0.326 e. The number of piperidine rings is 1. The molecule has 1 aliphatic carbocycles. The zero-order valence-electron chi connectivity index (χ0n) is 11.4. The highest BCUT2D eigenvalue weighted by Gasteiger charge is 2.32. The Balaban J connectivity index is 1.91. The zero-order valence-corrected chi connectivity index (χ0v) is 11.4. The molecular formula is C14H24N2O3. The van der Waals surface area contributed by atoms with Crippen LogP contribution in [0.2, 0.25) is 0 Å². The highest BCUT2D eigenvalue weighted by molar-refractivity contribution is 5.83. The molecule has 1 saturated heterocycles. The van der Waals surface area contributed by atoms with E-state index in [2.05, 4.69) is 5.32 Å². The van der Waals surface area contributed by atoms with E-state index in [1.807, 2.05) is 0 Å². The monoisotopic (exact) mass is 268 g/mol. The first kappa shape index (κ1) is 14.2. The van der Waals surface area contributed by atoms with Crippen LogP contribution in [0.3, 0.4) is 0 Å². The van der Waals surface area contributed by atoms with E-state index in [9.17, 15) is 14.7 Å². The molecule has 5 nitrogen and oxygen atoms in total. The Kier molecular flexibility index (Phi) is 5.05. The number of carbonyl (C=O) groups is 2. The number of nitrogens with zero attached hydrogens (tertiary/aromatic N) is 1. The summed E-state index contributed by atoms with van der Waals surface area (Å²) in [6.07, 6.45) is 9.23. The van der Waals surface area contributed by atoms with E-state index < -0.39 is 12.0 Å². The minimum atomic E-state index is -0.879. The highest BCUT2D eigenvalue weighted by atomic mass is 16.4. The predicted molar refractivity (Wildman–Crippen MR) is 72.0 cm³/mol. The van der Waals surface area contributed by atoms with E-state index in [0.717, 1.165) is 38.5 Å². The Labute approximate surface area is 114 Å². The number of carboxylic acid groups (broad SMARTS) is 1. The van der Waals surface area contributed by atoms with Crippen molar-refractivity contribution in [3.63, 3.8) is 0 Å². The van der Waals surface area contributed by atoms with E-state index in [0.29, 0.717) is 13.0 Å². The van der Waals surface area contributed by atoms with Crippen LogP contribution < -0.4 is 5.32 Å². The van der Waals surface area contributed by atoms with E-state index in [1.54, 1.807) is 0 Å². The minimum Gasteiger partial charge on any atom is -0.480 e. The van der Waals surface area contributed by atoms with Crippen LogP contribution in [0.5, 0.6) is 0 Å². The molecule has 0 bridgehead atoms. The number of urea groups is 1. The van der Waals surface area contributed by atoms with Crippen molar-refractivity contribution >= 4 is 12.0 Å². The lowest BCUT2D eigenvalue weighted by Crippen LogP contribution is -2.53. The summed E-state index contributed by atoms with van der Waals surface area (Å²) in [6.45, 7) is 0.565. The first-order valence-corrected chi connectivity index (χ1v) is 7.48. The summed E-state index contributed by atoms with van der Waals surface area (Å²) in [6, 6.07) is -0.593. The van der Waals surface area contributed by atoms with Gasteiger partial charge in [-0.3, -0.25) is 0 Å². The number of amides is 2. The number of hydrogen-bond donors (Lipinski definition) is 2. The van der Waals surface area contributed by atoms with Gasteiger partial charge in [0.1, 0.15) is 6.04 Å². The first-order valence-electron chi connectivity index (χ1n) is 7.48. The number of carboxylic acids is 1. The van der Waals surface area contributed by atoms with Crippen LogP contribution in [0.4, 0.5) is 4.79 Å². The second kappa shape index (κ2) is 6.78. The van der Waals surface area contributed by atoms with Gasteiger partial charge in [0.15, 0.2) is 0 Å². The summed E-state index contributed by atoms with van der Waals surface area (Å²) in [4.78, 5) is 25.0. The minimum absolute atomic E-state index is 0.181. The highest BCUT2D eigenvalue weighted by Crippen LogP contribution is 2.20. The second-order valence-electron chi connectivity index (χ2n) is 5.68. The predicted octanol–water partition coefficient (Wildman–Crippen LogP) is 2.36. The average Bonchev–Trinajstić information content (AvgIpc) is 2.67. The first-order chi connectivity index (χ1) is 9.18. The van der Waals surface area contributed by atoms with Crippen molar-refractivity contribution < 1.29 is 14.7 Å². The molecule has 2 fully saturated rings. The third-order valence-corrected chi connectivity index (χ3v) is 4.23. The fraction of sp³-hybridized carbons (Fsp3) is 0.857. The summed E-state index contributed by atoms with van der Waals surface area (Å²) >= 11 is 0. The molecule has 108 valence electrons. The molecular weight excluding hydrogens is 244 g/mol. The summed E-state index contributed by atoms with van der Waals surface area (Å²) in [5.41, 5.74) is 0. The number of hydrogen-bond acceptors (Lipinski definition) is 2. The quantitative estimate of drug-likeness (QED) is 0.755. The molecule has 0 aromatic heterocycles. The van der Waals surface area contributed by atoms with Gasteiger partial charge in [0.25, 0.3) is 0 Å². The molecule has 2 rings (SSSR count). The Morgan fingerprint density at radius 2 is 1.58 bits per heavy atom. The van der Waals surface area contributed by atoms with Gasteiger partial charge in [-0.05, 0) is 32.1 Å². The lowest BCUT2D eigenvalue weighted by molar-refractivity contribution is -0.143. The van der Waals surface area contributed by atoms with Crippen molar-refractivity contribution in [1.29, 1.82) is 0 Å². The van der Waals surface area contributed by atoms with Crippen molar-refractivity contribution in [2.45, 2.75) is 69.9 Å². The Morgan fingerprint density at radius 3 is 2.21 bits per heavy atom. The molecule has 1 heterocycles. The Morgan fingerprint density at radius 1 is 0.947 bits per heavy atom. The molecule has 2 N–H and O–H groups in total.